The summed E-state index contributed by atoms with van der Waals surface area (Å²) >= 11 is 0. The molecule has 1 aliphatic carbocycles. The van der Waals surface area contributed by atoms with Crippen LogP contribution in [0.3, 0.4) is 0 Å². The number of hydrogen-bond acceptors (Lipinski definition) is 3. The second-order valence-electron chi connectivity index (χ2n) is 6.08. The van der Waals surface area contributed by atoms with Crippen LogP contribution in [0.25, 0.3) is 0 Å². The maximum atomic E-state index is 4.70. The van der Waals surface area contributed by atoms with Crippen LogP contribution in [0.1, 0.15) is 50.6 Å². The van der Waals surface area contributed by atoms with E-state index in [0.29, 0.717) is 6.04 Å². The SMILES string of the molecule is CC(NC1=NCN(C2CCCCC2)C=C1)c1ccccc1. The first-order valence-electron chi connectivity index (χ1n) is 8.13. The zero-order valence-electron chi connectivity index (χ0n) is 12.8. The van der Waals surface area contributed by atoms with E-state index < -0.39 is 0 Å². The van der Waals surface area contributed by atoms with Crippen LogP contribution in [0.4, 0.5) is 0 Å². The molecule has 0 saturated heterocycles. The molecule has 1 aromatic rings. The maximum absolute atomic E-state index is 4.70. The van der Waals surface area contributed by atoms with Crippen LogP contribution >= 0.6 is 0 Å². The fourth-order valence-corrected chi connectivity index (χ4v) is 3.21. The highest BCUT2D eigenvalue weighted by molar-refractivity contribution is 5.93. The number of nitrogens with one attached hydrogen (secondary N) is 1. The van der Waals surface area contributed by atoms with Crippen molar-refractivity contribution in [2.45, 2.75) is 51.1 Å². The van der Waals surface area contributed by atoms with Gasteiger partial charge in [0.25, 0.3) is 0 Å². The second kappa shape index (κ2) is 6.79. The minimum Gasteiger partial charge on any atom is -0.364 e. The van der Waals surface area contributed by atoms with Crippen molar-refractivity contribution in [1.82, 2.24) is 10.2 Å². The average Bonchev–Trinajstić information content (AvgIpc) is 2.57. The third-order valence-electron chi connectivity index (χ3n) is 4.54. The Hall–Kier alpha value is -1.77. The minimum absolute atomic E-state index is 0.288. The summed E-state index contributed by atoms with van der Waals surface area (Å²) in [5.41, 5.74) is 1.29. The Kier molecular flexibility index (Phi) is 4.59. The standard InChI is InChI=1S/C18H25N3/c1-15(16-8-4-2-5-9-16)20-18-12-13-21(14-19-18)17-10-6-3-7-11-17/h2,4-5,8-9,12-13,15,17H,3,6-7,10-11,14H2,1H3,(H,19,20). The molecule has 3 nitrogen and oxygen atoms in total. The molecule has 0 bridgehead atoms. The zero-order chi connectivity index (χ0) is 14.5. The van der Waals surface area contributed by atoms with Crippen molar-refractivity contribution in [3.8, 4) is 0 Å². The summed E-state index contributed by atoms with van der Waals surface area (Å²) in [5, 5.41) is 3.50. The molecular weight excluding hydrogens is 258 g/mol. The van der Waals surface area contributed by atoms with E-state index in [1.165, 1.54) is 37.7 Å². The number of amidine groups is 1. The van der Waals surface area contributed by atoms with Crippen LogP contribution in [0.5, 0.6) is 0 Å². The van der Waals surface area contributed by atoms with E-state index in [2.05, 4.69) is 59.7 Å². The molecule has 21 heavy (non-hydrogen) atoms. The number of hydrogen-bond donors (Lipinski definition) is 1. The molecule has 0 spiro atoms. The Morgan fingerprint density at radius 1 is 1.14 bits per heavy atom. The summed E-state index contributed by atoms with van der Waals surface area (Å²) in [7, 11) is 0. The minimum atomic E-state index is 0.288. The van der Waals surface area contributed by atoms with Gasteiger partial charge in [-0.2, -0.15) is 0 Å². The van der Waals surface area contributed by atoms with Crippen molar-refractivity contribution in [1.29, 1.82) is 0 Å². The summed E-state index contributed by atoms with van der Waals surface area (Å²) < 4.78 is 0. The van der Waals surface area contributed by atoms with E-state index in [-0.39, 0.29) is 6.04 Å². The first kappa shape index (κ1) is 14.2. The molecule has 0 aromatic heterocycles. The summed E-state index contributed by atoms with van der Waals surface area (Å²) in [5.74, 6) is 0.999. The van der Waals surface area contributed by atoms with Gasteiger partial charge in [-0.1, -0.05) is 49.6 Å². The molecule has 1 N–H and O–H groups in total. The predicted octanol–water partition coefficient (Wildman–Crippen LogP) is 3.86. The molecule has 1 aromatic carbocycles. The summed E-state index contributed by atoms with van der Waals surface area (Å²) in [6.45, 7) is 2.98. The zero-order valence-corrected chi connectivity index (χ0v) is 12.8. The molecule has 1 fully saturated rings. The van der Waals surface area contributed by atoms with E-state index in [1.54, 1.807) is 0 Å². The lowest BCUT2D eigenvalue weighted by Crippen LogP contribution is -2.37. The molecule has 0 amide bonds. The average molecular weight is 283 g/mol. The molecule has 112 valence electrons. The first-order chi connectivity index (χ1) is 10.3. The Bertz CT molecular complexity index is 500. The molecule has 3 rings (SSSR count). The van der Waals surface area contributed by atoms with Crippen LogP contribution in [0.15, 0.2) is 47.6 Å². The Labute approximate surface area is 127 Å². The van der Waals surface area contributed by atoms with E-state index in [9.17, 15) is 0 Å². The molecule has 3 heteroatoms. The van der Waals surface area contributed by atoms with Gasteiger partial charge < -0.3 is 10.2 Å². The predicted molar refractivity (Wildman–Crippen MR) is 88.1 cm³/mol. The quantitative estimate of drug-likeness (QED) is 0.912. The van der Waals surface area contributed by atoms with E-state index in [4.69, 9.17) is 4.99 Å². The van der Waals surface area contributed by atoms with E-state index in [1.807, 2.05) is 0 Å². The fraction of sp³-hybridized carbons (Fsp3) is 0.500. The number of aliphatic imine (C=N–C) groups is 1. The molecule has 1 aliphatic heterocycles. The van der Waals surface area contributed by atoms with Crippen molar-refractivity contribution in [2.24, 2.45) is 4.99 Å². The highest BCUT2D eigenvalue weighted by atomic mass is 15.2. The Morgan fingerprint density at radius 3 is 2.57 bits per heavy atom. The fourth-order valence-electron chi connectivity index (χ4n) is 3.21. The van der Waals surface area contributed by atoms with Crippen LogP contribution in [0, 0.1) is 0 Å². The van der Waals surface area contributed by atoms with Crippen molar-refractivity contribution in [3.05, 3.63) is 48.2 Å². The van der Waals surface area contributed by atoms with E-state index >= 15 is 0 Å². The third kappa shape index (κ3) is 3.66. The highest BCUT2D eigenvalue weighted by Crippen LogP contribution is 2.23. The number of benzene rings is 1. The van der Waals surface area contributed by atoms with Gasteiger partial charge in [-0.25, -0.2) is 4.99 Å². The monoisotopic (exact) mass is 283 g/mol. The van der Waals surface area contributed by atoms with Crippen molar-refractivity contribution in [3.63, 3.8) is 0 Å². The van der Waals surface area contributed by atoms with Gasteiger partial charge >= 0.3 is 0 Å². The van der Waals surface area contributed by atoms with Gasteiger partial charge in [0.15, 0.2) is 0 Å². The summed E-state index contributed by atoms with van der Waals surface area (Å²) in [6.07, 6.45) is 11.1. The topological polar surface area (TPSA) is 27.6 Å². The normalized spacial score (nSPS) is 21.0. The molecular formula is C18H25N3. The van der Waals surface area contributed by atoms with Gasteiger partial charge in [0.2, 0.25) is 0 Å². The Morgan fingerprint density at radius 2 is 1.90 bits per heavy atom. The van der Waals surface area contributed by atoms with Gasteiger partial charge in [0, 0.05) is 18.3 Å². The van der Waals surface area contributed by atoms with Crippen LogP contribution in [-0.2, 0) is 0 Å². The molecule has 1 unspecified atom stereocenters. The van der Waals surface area contributed by atoms with Crippen molar-refractivity contribution >= 4 is 5.84 Å². The smallest absolute Gasteiger partial charge is 0.124 e. The number of rotatable bonds is 3. The molecule has 1 heterocycles. The third-order valence-corrected chi connectivity index (χ3v) is 4.54. The van der Waals surface area contributed by atoms with Gasteiger partial charge in [-0.15, -0.1) is 0 Å². The van der Waals surface area contributed by atoms with Crippen LogP contribution in [-0.4, -0.2) is 23.4 Å². The van der Waals surface area contributed by atoms with Gasteiger partial charge in [-0.3, -0.25) is 0 Å². The largest absolute Gasteiger partial charge is 0.364 e. The van der Waals surface area contributed by atoms with E-state index in [0.717, 1.165) is 12.5 Å². The molecule has 2 aliphatic rings. The number of nitrogens with zero attached hydrogens (tertiary/aromatic N) is 2. The van der Waals surface area contributed by atoms with Gasteiger partial charge in [0.05, 0.1) is 0 Å². The summed E-state index contributed by atoms with van der Waals surface area (Å²) in [6, 6.07) is 11.5. The summed E-state index contributed by atoms with van der Waals surface area (Å²) in [4.78, 5) is 7.10. The molecule has 0 radical (unpaired) electrons. The van der Waals surface area contributed by atoms with Crippen molar-refractivity contribution in [2.75, 3.05) is 6.67 Å². The van der Waals surface area contributed by atoms with Crippen molar-refractivity contribution < 1.29 is 0 Å². The lowest BCUT2D eigenvalue weighted by molar-refractivity contribution is 0.221. The van der Waals surface area contributed by atoms with Gasteiger partial charge in [0.1, 0.15) is 12.5 Å². The second-order valence-corrected chi connectivity index (χ2v) is 6.08. The Balaban J connectivity index is 1.54. The lowest BCUT2D eigenvalue weighted by atomic mass is 9.94. The van der Waals surface area contributed by atoms with Gasteiger partial charge in [-0.05, 0) is 31.4 Å². The maximum Gasteiger partial charge on any atom is 0.124 e. The molecule has 1 atom stereocenters. The first-order valence-corrected chi connectivity index (χ1v) is 8.13. The van der Waals surface area contributed by atoms with Crippen LogP contribution < -0.4 is 5.32 Å². The highest BCUT2D eigenvalue weighted by Gasteiger charge is 2.20. The molecule has 1 saturated carbocycles. The van der Waals surface area contributed by atoms with Crippen LogP contribution in [0.2, 0.25) is 0 Å². The lowest BCUT2D eigenvalue weighted by Gasteiger charge is -2.34.